The molecule has 1 saturated heterocycles. The van der Waals surface area contributed by atoms with Gasteiger partial charge in [0.25, 0.3) is 0 Å². The van der Waals surface area contributed by atoms with E-state index in [4.69, 9.17) is 18.9 Å². The van der Waals surface area contributed by atoms with Crippen molar-refractivity contribution < 1.29 is 24.1 Å². The minimum Gasteiger partial charge on any atom is -0.473 e. The van der Waals surface area contributed by atoms with Crippen LogP contribution in [0.5, 0.6) is 5.88 Å². The molecule has 0 saturated carbocycles. The van der Waals surface area contributed by atoms with Crippen molar-refractivity contribution >= 4 is 0 Å². The lowest BCUT2D eigenvalue weighted by molar-refractivity contribution is -0.250. The summed E-state index contributed by atoms with van der Waals surface area (Å²) in [5, 5.41) is 12.0. The molecule has 0 aliphatic carbocycles. The Kier molecular flexibility index (Phi) is 8.46. The fourth-order valence-electron chi connectivity index (χ4n) is 4.67. The van der Waals surface area contributed by atoms with Gasteiger partial charge < -0.3 is 24.1 Å². The number of aliphatic hydroxyl groups is 1. The average Bonchev–Trinajstić information content (AvgIpc) is 3.27. The summed E-state index contributed by atoms with van der Waals surface area (Å²) in [6.45, 7) is 3.12. The van der Waals surface area contributed by atoms with Crippen molar-refractivity contribution in [2.24, 2.45) is 0 Å². The Hall–Kier alpha value is -3.55. The second kappa shape index (κ2) is 12.3. The molecule has 6 nitrogen and oxygen atoms in total. The van der Waals surface area contributed by atoms with E-state index in [2.05, 4.69) is 4.98 Å². The van der Waals surface area contributed by atoms with Crippen LogP contribution >= 0.6 is 0 Å². The Morgan fingerprint density at radius 2 is 1.29 bits per heavy atom. The molecule has 0 amide bonds. The van der Waals surface area contributed by atoms with Gasteiger partial charge in [-0.1, -0.05) is 97.9 Å². The molecular weight excluding hydrogens is 478 g/mol. The summed E-state index contributed by atoms with van der Waals surface area (Å²) in [5.74, 6) is -1.27. The summed E-state index contributed by atoms with van der Waals surface area (Å²) in [7, 11) is 0. The van der Waals surface area contributed by atoms with Crippen LogP contribution in [0.3, 0.4) is 0 Å². The summed E-state index contributed by atoms with van der Waals surface area (Å²) < 4.78 is 24.9. The molecule has 6 heteroatoms. The Bertz CT molecular complexity index is 1250. The highest BCUT2D eigenvalue weighted by molar-refractivity contribution is 5.26. The molecule has 4 atom stereocenters. The number of aromatic nitrogens is 1. The van der Waals surface area contributed by atoms with Crippen molar-refractivity contribution in [3.8, 4) is 5.88 Å². The molecule has 1 aliphatic heterocycles. The summed E-state index contributed by atoms with van der Waals surface area (Å²) in [6.07, 6.45) is 0.625. The number of hydrogen-bond donors (Lipinski definition) is 1. The van der Waals surface area contributed by atoms with Gasteiger partial charge in [0.2, 0.25) is 11.7 Å². The first-order chi connectivity index (χ1) is 18.7. The van der Waals surface area contributed by atoms with E-state index in [9.17, 15) is 5.11 Å². The first-order valence-electron chi connectivity index (χ1n) is 13.0. The van der Waals surface area contributed by atoms with Crippen molar-refractivity contribution in [3.05, 3.63) is 132 Å². The summed E-state index contributed by atoms with van der Waals surface area (Å²) in [5.41, 5.74) is 3.59. The average molecular weight is 512 g/mol. The highest BCUT2D eigenvalue weighted by atomic mass is 16.7. The first kappa shape index (κ1) is 26.1. The molecule has 3 aromatic carbocycles. The molecule has 1 aromatic heterocycles. The van der Waals surface area contributed by atoms with E-state index in [0.29, 0.717) is 37.7 Å². The molecular formula is C32H33NO5. The second-order valence-corrected chi connectivity index (χ2v) is 9.40. The highest BCUT2D eigenvalue weighted by Gasteiger charge is 2.56. The number of pyridine rings is 1. The van der Waals surface area contributed by atoms with Crippen molar-refractivity contribution in [2.75, 3.05) is 0 Å². The normalized spacial score (nSPS) is 22.8. The monoisotopic (exact) mass is 511 g/mol. The van der Waals surface area contributed by atoms with Gasteiger partial charge in [-0.25, -0.2) is 4.98 Å². The number of benzene rings is 3. The van der Waals surface area contributed by atoms with E-state index in [1.165, 1.54) is 0 Å². The topological polar surface area (TPSA) is 70.0 Å². The third-order valence-electron chi connectivity index (χ3n) is 6.72. The van der Waals surface area contributed by atoms with Crippen molar-refractivity contribution in [1.82, 2.24) is 4.98 Å². The fourth-order valence-corrected chi connectivity index (χ4v) is 4.67. The lowest BCUT2D eigenvalue weighted by atomic mass is 9.98. The molecule has 1 N–H and O–H groups in total. The van der Waals surface area contributed by atoms with Gasteiger partial charge in [0.1, 0.15) is 18.8 Å². The molecule has 4 aromatic rings. The van der Waals surface area contributed by atoms with Gasteiger partial charge in [0.05, 0.1) is 19.3 Å². The fraction of sp³-hybridized carbons (Fsp3) is 0.281. The quantitative estimate of drug-likeness (QED) is 0.275. The summed E-state index contributed by atoms with van der Waals surface area (Å²) in [4.78, 5) is 4.45. The van der Waals surface area contributed by atoms with Crippen LogP contribution in [0.1, 0.15) is 35.6 Å². The molecule has 0 radical (unpaired) electrons. The molecule has 2 heterocycles. The maximum Gasteiger partial charge on any atom is 0.224 e. The molecule has 2 unspecified atom stereocenters. The van der Waals surface area contributed by atoms with E-state index in [1.807, 2.05) is 97.9 Å². The molecule has 38 heavy (non-hydrogen) atoms. The second-order valence-electron chi connectivity index (χ2n) is 9.40. The lowest BCUT2D eigenvalue weighted by Crippen LogP contribution is -2.44. The van der Waals surface area contributed by atoms with Crippen molar-refractivity contribution in [2.45, 2.75) is 57.3 Å². The Labute approximate surface area is 223 Å². The van der Waals surface area contributed by atoms with Crippen molar-refractivity contribution in [3.63, 3.8) is 0 Å². The van der Waals surface area contributed by atoms with Crippen LogP contribution in [-0.2, 0) is 39.8 Å². The smallest absolute Gasteiger partial charge is 0.224 e. The molecule has 0 bridgehead atoms. The molecule has 1 aliphatic rings. The maximum atomic E-state index is 12.0. The predicted octanol–water partition coefficient (Wildman–Crippen LogP) is 5.79. The zero-order chi connectivity index (χ0) is 26.2. The van der Waals surface area contributed by atoms with Crippen LogP contribution < -0.4 is 4.74 Å². The Morgan fingerprint density at radius 3 is 1.82 bits per heavy atom. The van der Waals surface area contributed by atoms with E-state index in [0.717, 1.165) is 16.7 Å². The Morgan fingerprint density at radius 1 is 0.737 bits per heavy atom. The van der Waals surface area contributed by atoms with Gasteiger partial charge in [-0.05, 0) is 29.2 Å². The molecule has 196 valence electrons. The Balaban J connectivity index is 1.36. The standard InChI is InChI=1S/C32H33NO5/c1-2-28-30(36-22-25-14-8-4-9-15-25)31(37-23-26-16-10-5-11-17-26)32(34,38-28)27-18-19-29(33-20-27)35-21-24-12-6-3-7-13-24/h3-20,28,30-31,34H,2,21-23H2,1H3/t28-,30?,31+,32?/m1/s1. The third kappa shape index (κ3) is 6.11. The number of nitrogens with zero attached hydrogens (tertiary/aromatic N) is 1. The minimum absolute atomic E-state index is 0.310. The maximum absolute atomic E-state index is 12.0. The summed E-state index contributed by atoms with van der Waals surface area (Å²) in [6, 6.07) is 33.3. The van der Waals surface area contributed by atoms with Gasteiger partial charge in [0, 0.05) is 17.8 Å². The molecule has 0 spiro atoms. The van der Waals surface area contributed by atoms with Crippen LogP contribution in [0, 0.1) is 0 Å². The van der Waals surface area contributed by atoms with Gasteiger partial charge in [-0.2, -0.15) is 0 Å². The zero-order valence-electron chi connectivity index (χ0n) is 21.5. The summed E-state index contributed by atoms with van der Waals surface area (Å²) >= 11 is 0. The van der Waals surface area contributed by atoms with Crippen LogP contribution in [-0.4, -0.2) is 28.4 Å². The van der Waals surface area contributed by atoms with Gasteiger partial charge in [-0.15, -0.1) is 0 Å². The first-order valence-corrected chi connectivity index (χ1v) is 13.0. The van der Waals surface area contributed by atoms with Crippen LogP contribution in [0.2, 0.25) is 0 Å². The van der Waals surface area contributed by atoms with Crippen LogP contribution in [0.15, 0.2) is 109 Å². The largest absolute Gasteiger partial charge is 0.473 e. The zero-order valence-corrected chi connectivity index (χ0v) is 21.5. The SMILES string of the molecule is CC[C@H]1OC(O)(c2ccc(OCc3ccccc3)nc2)[C@@H](OCc2ccccc2)C1OCc1ccccc1. The van der Waals surface area contributed by atoms with Crippen LogP contribution in [0.4, 0.5) is 0 Å². The van der Waals surface area contributed by atoms with Gasteiger partial charge in [0.15, 0.2) is 0 Å². The van der Waals surface area contributed by atoms with Crippen molar-refractivity contribution in [1.29, 1.82) is 0 Å². The lowest BCUT2D eigenvalue weighted by Gasteiger charge is -2.30. The van der Waals surface area contributed by atoms with E-state index < -0.39 is 18.0 Å². The van der Waals surface area contributed by atoms with E-state index in [1.54, 1.807) is 18.3 Å². The predicted molar refractivity (Wildman–Crippen MR) is 144 cm³/mol. The van der Waals surface area contributed by atoms with E-state index >= 15 is 0 Å². The molecule has 1 fully saturated rings. The van der Waals surface area contributed by atoms with Gasteiger partial charge in [-0.3, -0.25) is 0 Å². The van der Waals surface area contributed by atoms with Crippen LogP contribution in [0.25, 0.3) is 0 Å². The van der Waals surface area contributed by atoms with E-state index in [-0.39, 0.29) is 6.10 Å². The number of hydrogen-bond acceptors (Lipinski definition) is 6. The van der Waals surface area contributed by atoms with Gasteiger partial charge >= 0.3 is 0 Å². The minimum atomic E-state index is -1.73. The third-order valence-corrected chi connectivity index (χ3v) is 6.72. The number of rotatable bonds is 11. The number of ether oxygens (including phenoxy) is 4. The molecule has 5 rings (SSSR count). The highest BCUT2D eigenvalue weighted by Crippen LogP contribution is 2.42.